The monoisotopic (exact) mass is 388 g/mol. The molecule has 2 aromatic rings. The first-order valence-electron chi connectivity index (χ1n) is 8.72. The molecule has 0 aromatic heterocycles. The number of halogens is 1. The Morgan fingerprint density at radius 1 is 0.964 bits per heavy atom. The van der Waals surface area contributed by atoms with Gasteiger partial charge in [0, 0.05) is 24.2 Å². The van der Waals surface area contributed by atoms with E-state index in [2.05, 4.69) is 10.6 Å². The van der Waals surface area contributed by atoms with Gasteiger partial charge in [0.05, 0.1) is 13.0 Å². The molecule has 8 heteroatoms. The maximum atomic E-state index is 12.8. The van der Waals surface area contributed by atoms with Gasteiger partial charge in [0.15, 0.2) is 0 Å². The summed E-state index contributed by atoms with van der Waals surface area (Å²) in [6, 6.07) is 11.9. The molecule has 148 valence electrons. The minimum Gasteiger partial charge on any atom is -0.494 e. The Balaban J connectivity index is 1.69. The molecule has 0 bridgehead atoms. The normalized spacial score (nSPS) is 10.2. The number of amides is 2. The average molecular weight is 388 g/mol. The predicted octanol–water partition coefficient (Wildman–Crippen LogP) is 2.83. The molecule has 7 nitrogen and oxygen atoms in total. The van der Waals surface area contributed by atoms with Crippen LogP contribution in [0.25, 0.3) is 0 Å². The van der Waals surface area contributed by atoms with E-state index in [1.165, 1.54) is 24.3 Å². The van der Waals surface area contributed by atoms with Crippen molar-refractivity contribution in [3.63, 3.8) is 0 Å². The molecule has 28 heavy (non-hydrogen) atoms. The van der Waals surface area contributed by atoms with Crippen molar-refractivity contribution in [1.82, 2.24) is 5.32 Å². The molecule has 0 aliphatic heterocycles. The Morgan fingerprint density at radius 3 is 2.29 bits per heavy atom. The molecule has 0 saturated heterocycles. The van der Waals surface area contributed by atoms with E-state index in [4.69, 9.17) is 9.84 Å². The van der Waals surface area contributed by atoms with Gasteiger partial charge in [-0.15, -0.1) is 0 Å². The van der Waals surface area contributed by atoms with Crippen LogP contribution < -0.4 is 15.4 Å². The Hall–Kier alpha value is -3.42. The van der Waals surface area contributed by atoms with E-state index in [1.807, 2.05) is 0 Å². The minimum atomic E-state index is -0.985. The van der Waals surface area contributed by atoms with Gasteiger partial charge in [0.25, 0.3) is 5.91 Å². The molecule has 0 aliphatic rings. The van der Waals surface area contributed by atoms with E-state index in [-0.39, 0.29) is 37.0 Å². The number of benzene rings is 2. The molecule has 0 saturated carbocycles. The Kier molecular flexibility index (Phi) is 7.95. The molecule has 2 rings (SSSR count). The summed E-state index contributed by atoms with van der Waals surface area (Å²) in [6.07, 6.45) is 0.594. The highest BCUT2D eigenvalue weighted by Gasteiger charge is 2.07. The number of anilines is 1. The Labute approximate surface area is 161 Å². The van der Waals surface area contributed by atoms with Gasteiger partial charge in [-0.2, -0.15) is 0 Å². The predicted molar refractivity (Wildman–Crippen MR) is 101 cm³/mol. The fraction of sp³-hybridized carbons (Fsp3) is 0.250. The molecule has 0 spiro atoms. The number of carboxylic acids is 1. The van der Waals surface area contributed by atoms with Crippen LogP contribution in [0.1, 0.15) is 29.6 Å². The van der Waals surface area contributed by atoms with E-state index in [0.717, 1.165) is 0 Å². The van der Waals surface area contributed by atoms with Gasteiger partial charge in [-0.25, -0.2) is 4.39 Å². The van der Waals surface area contributed by atoms with Crippen molar-refractivity contribution < 1.29 is 28.6 Å². The maximum absolute atomic E-state index is 12.8. The lowest BCUT2D eigenvalue weighted by Gasteiger charge is -2.08. The third-order valence-corrected chi connectivity index (χ3v) is 3.69. The zero-order chi connectivity index (χ0) is 20.4. The standard InChI is InChI=1S/C20H21FN2O5/c21-15-5-9-17(10-6-15)28-13-1-2-18(24)23-16-7-3-14(4-8-16)20(27)22-12-11-19(25)26/h3-10H,1-2,11-13H2,(H,22,27)(H,23,24)(H,25,26). The average Bonchev–Trinajstić information content (AvgIpc) is 2.67. The fourth-order valence-electron chi connectivity index (χ4n) is 2.27. The van der Waals surface area contributed by atoms with Crippen LogP contribution in [-0.4, -0.2) is 36.0 Å². The summed E-state index contributed by atoms with van der Waals surface area (Å²) in [5.41, 5.74) is 0.919. The number of hydrogen-bond donors (Lipinski definition) is 3. The summed E-state index contributed by atoms with van der Waals surface area (Å²) < 4.78 is 18.2. The maximum Gasteiger partial charge on any atom is 0.305 e. The van der Waals surface area contributed by atoms with Crippen LogP contribution in [0.5, 0.6) is 5.75 Å². The van der Waals surface area contributed by atoms with E-state index >= 15 is 0 Å². The van der Waals surface area contributed by atoms with Crippen molar-refractivity contribution >= 4 is 23.5 Å². The molecule has 0 radical (unpaired) electrons. The molecular formula is C20H21FN2O5. The molecular weight excluding hydrogens is 367 g/mol. The molecule has 0 heterocycles. The minimum absolute atomic E-state index is 0.0483. The molecule has 0 unspecified atom stereocenters. The molecule has 0 fully saturated rings. The van der Waals surface area contributed by atoms with Crippen molar-refractivity contribution in [2.24, 2.45) is 0 Å². The second-order valence-corrected chi connectivity index (χ2v) is 5.93. The van der Waals surface area contributed by atoms with Crippen LogP contribution in [0, 0.1) is 5.82 Å². The highest BCUT2D eigenvalue weighted by molar-refractivity contribution is 5.95. The van der Waals surface area contributed by atoms with Crippen LogP contribution in [0.4, 0.5) is 10.1 Å². The highest BCUT2D eigenvalue weighted by atomic mass is 19.1. The van der Waals surface area contributed by atoms with Crippen molar-refractivity contribution in [2.75, 3.05) is 18.5 Å². The molecule has 2 amide bonds. The summed E-state index contributed by atoms with van der Waals surface area (Å²) >= 11 is 0. The van der Waals surface area contributed by atoms with Crippen molar-refractivity contribution in [1.29, 1.82) is 0 Å². The van der Waals surface area contributed by atoms with E-state index < -0.39 is 5.97 Å². The Bertz CT molecular complexity index is 806. The second kappa shape index (κ2) is 10.7. The molecule has 3 N–H and O–H groups in total. The van der Waals surface area contributed by atoms with Gasteiger partial charge in [-0.05, 0) is 55.0 Å². The number of ether oxygens (including phenoxy) is 1. The van der Waals surface area contributed by atoms with Crippen LogP contribution in [0.15, 0.2) is 48.5 Å². The number of aliphatic carboxylic acids is 1. The van der Waals surface area contributed by atoms with Gasteiger partial charge in [-0.1, -0.05) is 0 Å². The van der Waals surface area contributed by atoms with Crippen molar-refractivity contribution in [2.45, 2.75) is 19.3 Å². The van der Waals surface area contributed by atoms with Crippen LogP contribution in [-0.2, 0) is 9.59 Å². The van der Waals surface area contributed by atoms with E-state index in [1.54, 1.807) is 24.3 Å². The van der Waals surface area contributed by atoms with Gasteiger partial charge in [0.2, 0.25) is 5.91 Å². The quantitative estimate of drug-likeness (QED) is 0.543. The number of nitrogens with one attached hydrogen (secondary N) is 2. The fourth-order valence-corrected chi connectivity index (χ4v) is 2.27. The van der Waals surface area contributed by atoms with Crippen molar-refractivity contribution in [3.05, 3.63) is 59.9 Å². The number of hydrogen-bond acceptors (Lipinski definition) is 4. The zero-order valence-corrected chi connectivity index (χ0v) is 15.1. The lowest BCUT2D eigenvalue weighted by atomic mass is 10.2. The van der Waals surface area contributed by atoms with E-state index in [0.29, 0.717) is 30.0 Å². The SMILES string of the molecule is O=C(O)CCNC(=O)c1ccc(NC(=O)CCCOc2ccc(F)cc2)cc1. The van der Waals surface area contributed by atoms with Crippen LogP contribution >= 0.6 is 0 Å². The largest absolute Gasteiger partial charge is 0.494 e. The first-order chi connectivity index (χ1) is 13.4. The van der Waals surface area contributed by atoms with Gasteiger partial charge in [-0.3, -0.25) is 14.4 Å². The summed E-state index contributed by atoms with van der Waals surface area (Å²) in [6.45, 7) is 0.376. The summed E-state index contributed by atoms with van der Waals surface area (Å²) in [7, 11) is 0. The topological polar surface area (TPSA) is 105 Å². The van der Waals surface area contributed by atoms with Gasteiger partial charge < -0.3 is 20.5 Å². The lowest BCUT2D eigenvalue weighted by molar-refractivity contribution is -0.136. The Morgan fingerprint density at radius 2 is 1.64 bits per heavy atom. The van der Waals surface area contributed by atoms with Crippen LogP contribution in [0.2, 0.25) is 0 Å². The third-order valence-electron chi connectivity index (χ3n) is 3.69. The zero-order valence-electron chi connectivity index (χ0n) is 15.1. The summed E-state index contributed by atoms with van der Waals surface area (Å²) in [5, 5.41) is 13.8. The lowest BCUT2D eigenvalue weighted by Crippen LogP contribution is -2.25. The van der Waals surface area contributed by atoms with Gasteiger partial charge in [0.1, 0.15) is 11.6 Å². The first kappa shape index (κ1) is 20.9. The molecule has 0 atom stereocenters. The molecule has 2 aromatic carbocycles. The second-order valence-electron chi connectivity index (χ2n) is 5.93. The number of carboxylic acid groups (broad SMARTS) is 1. The number of carbonyl (C=O) groups excluding carboxylic acids is 2. The number of rotatable bonds is 10. The number of carbonyl (C=O) groups is 3. The molecule has 0 aliphatic carbocycles. The third kappa shape index (κ3) is 7.45. The van der Waals surface area contributed by atoms with Crippen LogP contribution in [0.3, 0.4) is 0 Å². The highest BCUT2D eigenvalue weighted by Crippen LogP contribution is 2.13. The smallest absolute Gasteiger partial charge is 0.305 e. The summed E-state index contributed by atoms with van der Waals surface area (Å²) in [4.78, 5) is 34.2. The van der Waals surface area contributed by atoms with E-state index in [9.17, 15) is 18.8 Å². The first-order valence-corrected chi connectivity index (χ1v) is 8.72. The summed E-state index contributed by atoms with van der Waals surface area (Å²) in [5.74, 6) is -1.35. The van der Waals surface area contributed by atoms with Gasteiger partial charge >= 0.3 is 5.97 Å². The van der Waals surface area contributed by atoms with Crippen molar-refractivity contribution in [3.8, 4) is 5.75 Å².